The first-order valence-corrected chi connectivity index (χ1v) is 8.94. The van der Waals surface area contributed by atoms with Crippen LogP contribution in [0.1, 0.15) is 43.4 Å². The summed E-state index contributed by atoms with van der Waals surface area (Å²) in [5.74, 6) is 1.42. The Morgan fingerprint density at radius 3 is 2.58 bits per heavy atom. The summed E-state index contributed by atoms with van der Waals surface area (Å²) in [5, 5.41) is 10.5. The smallest absolute Gasteiger partial charge is 0.191 e. The summed E-state index contributed by atoms with van der Waals surface area (Å²) >= 11 is 0. The highest BCUT2D eigenvalue weighted by molar-refractivity contribution is 5.79. The first-order chi connectivity index (χ1) is 12.6. The standard InChI is InChI=1S/C19H27FN4O2/c1-5-16-14(17(6-2)26-24-16)12-23-19(21-4)22-11-13-8-9-18(25-7-3)15(20)10-13/h8-10H,5-7,11-12H2,1-4H3,(H2,21,22,23). The van der Waals surface area contributed by atoms with E-state index in [0.29, 0.717) is 25.7 Å². The molecule has 6 nitrogen and oxygen atoms in total. The molecule has 0 radical (unpaired) electrons. The molecule has 0 fully saturated rings. The number of rotatable bonds is 8. The average molecular weight is 362 g/mol. The van der Waals surface area contributed by atoms with Crippen LogP contribution in [0, 0.1) is 5.82 Å². The SMILES string of the molecule is CCOc1ccc(CNC(=NC)NCc2c(CC)noc2CC)cc1F. The molecule has 1 aromatic carbocycles. The Hall–Kier alpha value is -2.57. The van der Waals surface area contributed by atoms with Gasteiger partial charge >= 0.3 is 0 Å². The van der Waals surface area contributed by atoms with Crippen molar-refractivity contribution in [3.63, 3.8) is 0 Å². The van der Waals surface area contributed by atoms with Gasteiger partial charge in [-0.3, -0.25) is 4.99 Å². The minimum Gasteiger partial charge on any atom is -0.491 e. The molecule has 1 heterocycles. The maximum absolute atomic E-state index is 13.9. The fourth-order valence-corrected chi connectivity index (χ4v) is 2.64. The van der Waals surface area contributed by atoms with Gasteiger partial charge in [0.05, 0.1) is 12.3 Å². The number of aliphatic imine (C=N–C) groups is 1. The lowest BCUT2D eigenvalue weighted by Crippen LogP contribution is -2.36. The van der Waals surface area contributed by atoms with Crippen LogP contribution in [0.3, 0.4) is 0 Å². The van der Waals surface area contributed by atoms with Crippen molar-refractivity contribution in [3.8, 4) is 5.75 Å². The lowest BCUT2D eigenvalue weighted by atomic mass is 10.1. The van der Waals surface area contributed by atoms with Crippen molar-refractivity contribution < 1.29 is 13.7 Å². The van der Waals surface area contributed by atoms with E-state index in [-0.39, 0.29) is 11.6 Å². The van der Waals surface area contributed by atoms with Crippen LogP contribution in [0.2, 0.25) is 0 Å². The molecule has 0 unspecified atom stereocenters. The molecule has 2 aromatic rings. The molecule has 1 aromatic heterocycles. The molecule has 142 valence electrons. The Morgan fingerprint density at radius 1 is 1.19 bits per heavy atom. The van der Waals surface area contributed by atoms with E-state index in [9.17, 15) is 4.39 Å². The third kappa shape index (κ3) is 4.97. The third-order valence-corrected chi connectivity index (χ3v) is 4.02. The van der Waals surface area contributed by atoms with Gasteiger partial charge in [-0.2, -0.15) is 0 Å². The van der Waals surface area contributed by atoms with Gasteiger partial charge in [-0.25, -0.2) is 4.39 Å². The van der Waals surface area contributed by atoms with Crippen LogP contribution >= 0.6 is 0 Å². The molecule has 0 aliphatic heterocycles. The third-order valence-electron chi connectivity index (χ3n) is 4.02. The van der Waals surface area contributed by atoms with Crippen molar-refractivity contribution in [2.75, 3.05) is 13.7 Å². The van der Waals surface area contributed by atoms with Crippen molar-refractivity contribution in [1.29, 1.82) is 0 Å². The molecule has 0 aliphatic rings. The molecule has 0 amide bonds. The number of guanidine groups is 1. The molecular formula is C19H27FN4O2. The maximum atomic E-state index is 13.9. The van der Waals surface area contributed by atoms with Crippen LogP contribution in [0.5, 0.6) is 5.75 Å². The van der Waals surface area contributed by atoms with E-state index >= 15 is 0 Å². The monoisotopic (exact) mass is 362 g/mol. The molecule has 0 bridgehead atoms. The Kier molecular flexibility index (Phi) is 7.44. The minimum atomic E-state index is -0.362. The summed E-state index contributed by atoms with van der Waals surface area (Å²) in [6.45, 7) is 7.38. The van der Waals surface area contributed by atoms with Gasteiger partial charge in [0.25, 0.3) is 0 Å². The van der Waals surface area contributed by atoms with Crippen molar-refractivity contribution in [2.24, 2.45) is 4.99 Å². The van der Waals surface area contributed by atoms with Crippen LogP contribution in [0.25, 0.3) is 0 Å². The number of nitrogens with one attached hydrogen (secondary N) is 2. The highest BCUT2D eigenvalue weighted by atomic mass is 19.1. The van der Waals surface area contributed by atoms with Crippen LogP contribution in [-0.4, -0.2) is 24.8 Å². The van der Waals surface area contributed by atoms with Gasteiger partial charge in [-0.1, -0.05) is 25.1 Å². The summed E-state index contributed by atoms with van der Waals surface area (Å²) in [6, 6.07) is 4.94. The average Bonchev–Trinajstić information content (AvgIpc) is 3.06. The normalized spacial score (nSPS) is 11.5. The van der Waals surface area contributed by atoms with E-state index in [2.05, 4.69) is 20.8 Å². The van der Waals surface area contributed by atoms with Gasteiger partial charge in [0.1, 0.15) is 5.76 Å². The lowest BCUT2D eigenvalue weighted by molar-refractivity contribution is 0.321. The van der Waals surface area contributed by atoms with Crippen LogP contribution in [0.4, 0.5) is 4.39 Å². The molecule has 7 heteroatoms. The quantitative estimate of drug-likeness (QED) is 0.557. The second kappa shape index (κ2) is 9.79. The van der Waals surface area contributed by atoms with Gasteiger partial charge in [0, 0.05) is 32.1 Å². The summed E-state index contributed by atoms with van der Waals surface area (Å²) in [7, 11) is 1.70. The zero-order valence-corrected chi connectivity index (χ0v) is 15.9. The Labute approximate surface area is 153 Å². The van der Waals surface area contributed by atoms with Crippen LogP contribution in [0.15, 0.2) is 27.7 Å². The van der Waals surface area contributed by atoms with Gasteiger partial charge in [0.2, 0.25) is 0 Å². The molecule has 0 aliphatic carbocycles. The van der Waals surface area contributed by atoms with Crippen molar-refractivity contribution in [3.05, 3.63) is 46.6 Å². The number of ether oxygens (including phenoxy) is 1. The van der Waals surface area contributed by atoms with Crippen LogP contribution in [-0.2, 0) is 25.9 Å². The number of hydrogen-bond donors (Lipinski definition) is 2. The van der Waals surface area contributed by atoms with Crippen molar-refractivity contribution >= 4 is 5.96 Å². The Morgan fingerprint density at radius 2 is 1.96 bits per heavy atom. The van der Waals surface area contributed by atoms with Crippen molar-refractivity contribution in [1.82, 2.24) is 15.8 Å². The second-order valence-corrected chi connectivity index (χ2v) is 5.72. The summed E-state index contributed by atoms with van der Waals surface area (Å²) < 4.78 is 24.5. The molecule has 0 atom stereocenters. The molecule has 0 saturated carbocycles. The van der Waals surface area contributed by atoms with E-state index < -0.39 is 0 Å². The van der Waals surface area contributed by atoms with Gasteiger partial charge < -0.3 is 19.9 Å². The molecule has 0 spiro atoms. The fourth-order valence-electron chi connectivity index (χ4n) is 2.64. The fraction of sp³-hybridized carbons (Fsp3) is 0.474. The van der Waals surface area contributed by atoms with Gasteiger partial charge in [0.15, 0.2) is 17.5 Å². The first-order valence-electron chi connectivity index (χ1n) is 8.94. The summed E-state index contributed by atoms with van der Waals surface area (Å²) in [6.07, 6.45) is 1.61. The Bertz CT molecular complexity index is 722. The number of nitrogens with zero attached hydrogens (tertiary/aromatic N) is 2. The van der Waals surface area contributed by atoms with E-state index in [1.807, 2.05) is 26.8 Å². The number of aromatic nitrogens is 1. The zero-order chi connectivity index (χ0) is 18.9. The zero-order valence-electron chi connectivity index (χ0n) is 15.9. The predicted octanol–water partition coefficient (Wildman–Crippen LogP) is 3.20. The van der Waals surface area contributed by atoms with E-state index in [1.54, 1.807) is 13.1 Å². The lowest BCUT2D eigenvalue weighted by Gasteiger charge is -2.13. The van der Waals surface area contributed by atoms with E-state index in [4.69, 9.17) is 9.26 Å². The highest BCUT2D eigenvalue weighted by Crippen LogP contribution is 2.18. The Balaban J connectivity index is 1.94. The van der Waals surface area contributed by atoms with E-state index in [0.717, 1.165) is 35.4 Å². The maximum Gasteiger partial charge on any atom is 0.191 e. The number of benzene rings is 1. The number of aryl methyl sites for hydroxylation is 2. The second-order valence-electron chi connectivity index (χ2n) is 5.72. The number of hydrogen-bond acceptors (Lipinski definition) is 4. The molecular weight excluding hydrogens is 335 g/mol. The number of halogens is 1. The molecule has 2 rings (SSSR count). The van der Waals surface area contributed by atoms with Gasteiger partial charge in [-0.15, -0.1) is 0 Å². The molecule has 26 heavy (non-hydrogen) atoms. The van der Waals surface area contributed by atoms with E-state index in [1.165, 1.54) is 6.07 Å². The molecule has 2 N–H and O–H groups in total. The topological polar surface area (TPSA) is 71.7 Å². The van der Waals surface area contributed by atoms with Crippen LogP contribution < -0.4 is 15.4 Å². The van der Waals surface area contributed by atoms with Gasteiger partial charge in [-0.05, 0) is 31.0 Å². The summed E-state index contributed by atoms with van der Waals surface area (Å²) in [4.78, 5) is 4.21. The minimum absolute atomic E-state index is 0.269. The highest BCUT2D eigenvalue weighted by Gasteiger charge is 2.13. The first kappa shape index (κ1) is 19.8. The largest absolute Gasteiger partial charge is 0.491 e. The predicted molar refractivity (Wildman–Crippen MR) is 99.9 cm³/mol. The summed E-state index contributed by atoms with van der Waals surface area (Å²) in [5.41, 5.74) is 2.84. The van der Waals surface area contributed by atoms with Crippen molar-refractivity contribution in [2.45, 2.75) is 46.7 Å². The molecule has 0 saturated heterocycles.